The summed E-state index contributed by atoms with van der Waals surface area (Å²) in [5.74, 6) is 0. The number of rotatable bonds is 6. The van der Waals surface area contributed by atoms with Gasteiger partial charge in [-0.15, -0.1) is 0 Å². The predicted octanol–water partition coefficient (Wildman–Crippen LogP) is 1.06. The van der Waals surface area contributed by atoms with Gasteiger partial charge in [0, 0.05) is 30.5 Å². The number of hydrogen-bond donors (Lipinski definition) is 2. The van der Waals surface area contributed by atoms with Crippen molar-refractivity contribution in [2.75, 3.05) is 12.9 Å². The standard InChI is InChI=1S/C10H17N3OS/c1-3-9(7-14)11-4-8-5-12-10(15-2)13-6-8/h5-6,9,11,14H,3-4,7H2,1-2H3/t9-/m1/s1. The molecule has 1 aromatic rings. The molecule has 0 spiro atoms. The lowest BCUT2D eigenvalue weighted by Gasteiger charge is -2.13. The van der Waals surface area contributed by atoms with E-state index in [0.29, 0.717) is 6.54 Å². The summed E-state index contributed by atoms with van der Waals surface area (Å²) in [6.07, 6.45) is 6.50. The van der Waals surface area contributed by atoms with Crippen molar-refractivity contribution in [1.82, 2.24) is 15.3 Å². The van der Waals surface area contributed by atoms with Crippen LogP contribution in [0.4, 0.5) is 0 Å². The maximum Gasteiger partial charge on any atom is 0.187 e. The van der Waals surface area contributed by atoms with E-state index in [1.807, 2.05) is 25.6 Å². The monoisotopic (exact) mass is 227 g/mol. The molecular weight excluding hydrogens is 210 g/mol. The van der Waals surface area contributed by atoms with Gasteiger partial charge in [0.2, 0.25) is 0 Å². The molecular formula is C10H17N3OS. The number of aromatic nitrogens is 2. The molecule has 0 radical (unpaired) electrons. The highest BCUT2D eigenvalue weighted by molar-refractivity contribution is 7.98. The maximum atomic E-state index is 8.99. The first-order chi connectivity index (χ1) is 7.30. The Morgan fingerprint density at radius 1 is 1.47 bits per heavy atom. The molecule has 0 unspecified atom stereocenters. The van der Waals surface area contributed by atoms with Crippen molar-refractivity contribution in [3.8, 4) is 0 Å². The van der Waals surface area contributed by atoms with Crippen LogP contribution >= 0.6 is 11.8 Å². The third kappa shape index (κ3) is 4.15. The van der Waals surface area contributed by atoms with Crippen molar-refractivity contribution in [1.29, 1.82) is 0 Å². The first kappa shape index (κ1) is 12.4. The molecule has 5 heteroatoms. The van der Waals surface area contributed by atoms with Gasteiger partial charge in [0.15, 0.2) is 5.16 Å². The van der Waals surface area contributed by atoms with E-state index in [1.165, 1.54) is 11.8 Å². The molecule has 2 N–H and O–H groups in total. The minimum Gasteiger partial charge on any atom is -0.395 e. The van der Waals surface area contributed by atoms with Crippen LogP contribution in [0.1, 0.15) is 18.9 Å². The molecule has 0 aromatic carbocycles. The fraction of sp³-hybridized carbons (Fsp3) is 0.600. The zero-order valence-corrected chi connectivity index (χ0v) is 9.92. The molecule has 1 aromatic heterocycles. The van der Waals surface area contributed by atoms with E-state index in [9.17, 15) is 0 Å². The van der Waals surface area contributed by atoms with E-state index < -0.39 is 0 Å². The van der Waals surface area contributed by atoms with Crippen LogP contribution < -0.4 is 5.32 Å². The quantitative estimate of drug-likeness (QED) is 0.562. The Labute approximate surface area is 94.5 Å². The van der Waals surface area contributed by atoms with E-state index in [1.54, 1.807) is 0 Å². The topological polar surface area (TPSA) is 58.0 Å². The van der Waals surface area contributed by atoms with Crippen LogP contribution in [-0.4, -0.2) is 34.0 Å². The average Bonchev–Trinajstić information content (AvgIpc) is 2.31. The van der Waals surface area contributed by atoms with Gasteiger partial charge in [0.25, 0.3) is 0 Å². The van der Waals surface area contributed by atoms with Gasteiger partial charge in [-0.1, -0.05) is 18.7 Å². The van der Waals surface area contributed by atoms with Crippen molar-refractivity contribution in [2.45, 2.75) is 31.1 Å². The first-order valence-corrected chi connectivity index (χ1v) is 6.21. The number of aliphatic hydroxyl groups is 1. The third-order valence-electron chi connectivity index (χ3n) is 2.17. The van der Waals surface area contributed by atoms with Gasteiger partial charge in [-0.25, -0.2) is 9.97 Å². The van der Waals surface area contributed by atoms with Crippen LogP contribution in [-0.2, 0) is 6.54 Å². The van der Waals surface area contributed by atoms with Gasteiger partial charge in [-0.2, -0.15) is 0 Å². The van der Waals surface area contributed by atoms with Crippen LogP contribution in [0.3, 0.4) is 0 Å². The summed E-state index contributed by atoms with van der Waals surface area (Å²) < 4.78 is 0. The Bertz CT molecular complexity index is 275. The van der Waals surface area contributed by atoms with Gasteiger partial charge in [-0.3, -0.25) is 0 Å². The summed E-state index contributed by atoms with van der Waals surface area (Å²) in [5.41, 5.74) is 1.04. The van der Waals surface area contributed by atoms with Crippen LogP contribution in [0.5, 0.6) is 0 Å². The molecule has 1 rings (SSSR count). The minimum atomic E-state index is 0.158. The molecule has 0 saturated heterocycles. The summed E-state index contributed by atoms with van der Waals surface area (Å²) in [6, 6.07) is 0.158. The fourth-order valence-corrected chi connectivity index (χ4v) is 1.46. The molecule has 0 fully saturated rings. The predicted molar refractivity (Wildman–Crippen MR) is 61.8 cm³/mol. The van der Waals surface area contributed by atoms with Crippen molar-refractivity contribution >= 4 is 11.8 Å². The molecule has 15 heavy (non-hydrogen) atoms. The fourth-order valence-electron chi connectivity index (χ4n) is 1.14. The Morgan fingerprint density at radius 2 is 2.13 bits per heavy atom. The molecule has 1 heterocycles. The third-order valence-corrected chi connectivity index (χ3v) is 2.75. The number of aliphatic hydroxyl groups excluding tert-OH is 1. The lowest BCUT2D eigenvalue weighted by atomic mass is 10.2. The minimum absolute atomic E-state index is 0.158. The van der Waals surface area contributed by atoms with Gasteiger partial charge >= 0.3 is 0 Å². The lowest BCUT2D eigenvalue weighted by molar-refractivity contribution is 0.238. The highest BCUT2D eigenvalue weighted by Gasteiger charge is 2.03. The number of nitrogens with zero attached hydrogens (tertiary/aromatic N) is 2. The molecule has 0 amide bonds. The molecule has 1 atom stereocenters. The summed E-state index contributed by atoms with van der Waals surface area (Å²) in [6.45, 7) is 2.91. The van der Waals surface area contributed by atoms with E-state index in [2.05, 4.69) is 15.3 Å². The number of thioether (sulfide) groups is 1. The maximum absolute atomic E-state index is 8.99. The highest BCUT2D eigenvalue weighted by Crippen LogP contribution is 2.06. The molecule has 0 aliphatic heterocycles. The van der Waals surface area contributed by atoms with Crippen molar-refractivity contribution < 1.29 is 5.11 Å². The second-order valence-electron chi connectivity index (χ2n) is 3.25. The summed E-state index contributed by atoms with van der Waals surface area (Å²) in [4.78, 5) is 8.35. The molecule has 0 aliphatic carbocycles. The van der Waals surface area contributed by atoms with Crippen molar-refractivity contribution in [3.05, 3.63) is 18.0 Å². The summed E-state index contributed by atoms with van der Waals surface area (Å²) in [5, 5.41) is 13.0. The Hall–Kier alpha value is -0.650. The van der Waals surface area contributed by atoms with E-state index in [4.69, 9.17) is 5.11 Å². The largest absolute Gasteiger partial charge is 0.395 e. The van der Waals surface area contributed by atoms with Crippen molar-refractivity contribution in [3.63, 3.8) is 0 Å². The highest BCUT2D eigenvalue weighted by atomic mass is 32.2. The van der Waals surface area contributed by atoms with E-state index in [0.717, 1.165) is 17.1 Å². The molecule has 0 aliphatic rings. The Morgan fingerprint density at radius 3 is 2.60 bits per heavy atom. The number of nitrogens with one attached hydrogen (secondary N) is 1. The van der Waals surface area contributed by atoms with Crippen LogP contribution in [0, 0.1) is 0 Å². The smallest absolute Gasteiger partial charge is 0.187 e. The normalized spacial score (nSPS) is 12.7. The summed E-state index contributed by atoms with van der Waals surface area (Å²) >= 11 is 1.53. The van der Waals surface area contributed by atoms with Gasteiger partial charge in [0.05, 0.1) is 6.61 Å². The molecule has 0 saturated carbocycles. The van der Waals surface area contributed by atoms with Gasteiger partial charge in [0.1, 0.15) is 0 Å². The zero-order valence-electron chi connectivity index (χ0n) is 9.10. The van der Waals surface area contributed by atoms with E-state index >= 15 is 0 Å². The van der Waals surface area contributed by atoms with Crippen molar-refractivity contribution in [2.24, 2.45) is 0 Å². The molecule has 4 nitrogen and oxygen atoms in total. The second kappa shape index (κ2) is 6.76. The lowest BCUT2D eigenvalue weighted by Crippen LogP contribution is -2.31. The van der Waals surface area contributed by atoms with Crippen LogP contribution in [0.2, 0.25) is 0 Å². The summed E-state index contributed by atoms with van der Waals surface area (Å²) in [7, 11) is 0. The molecule has 84 valence electrons. The van der Waals surface area contributed by atoms with E-state index in [-0.39, 0.29) is 12.6 Å². The molecule has 0 bridgehead atoms. The average molecular weight is 227 g/mol. The zero-order chi connectivity index (χ0) is 11.1. The SMILES string of the molecule is CC[C@H](CO)NCc1cnc(SC)nc1. The van der Waals surface area contributed by atoms with Gasteiger partial charge < -0.3 is 10.4 Å². The van der Waals surface area contributed by atoms with Crippen LogP contribution in [0.15, 0.2) is 17.6 Å². The first-order valence-electron chi connectivity index (χ1n) is 4.99. The second-order valence-corrected chi connectivity index (χ2v) is 4.02. The van der Waals surface area contributed by atoms with Crippen LogP contribution in [0.25, 0.3) is 0 Å². The Kier molecular flexibility index (Phi) is 5.60. The number of hydrogen-bond acceptors (Lipinski definition) is 5. The van der Waals surface area contributed by atoms with Gasteiger partial charge in [-0.05, 0) is 12.7 Å². The Balaban J connectivity index is 2.43.